The topological polar surface area (TPSA) is 81.0 Å². The maximum Gasteiger partial charge on any atom is 0.212 e. The summed E-state index contributed by atoms with van der Waals surface area (Å²) >= 11 is 0. The second kappa shape index (κ2) is 18.4. The first-order chi connectivity index (χ1) is 20.9. The minimum absolute atomic E-state index is 0.659. The number of fused-ring (bicyclic) bond motifs is 1. The zero-order valence-corrected chi connectivity index (χ0v) is 27.3. The second-order valence-electron chi connectivity index (χ2n) is 11.6. The van der Waals surface area contributed by atoms with E-state index in [2.05, 4.69) is 95.8 Å². The molecular weight excluding hydrogens is 536 g/mol. The number of benzene rings is 1. The summed E-state index contributed by atoms with van der Waals surface area (Å²) < 4.78 is 1.81. The van der Waals surface area contributed by atoms with Gasteiger partial charge in [-0.15, -0.1) is 0 Å². The fraction of sp³-hybridized carbons (Fsp3) is 0.559. The lowest BCUT2D eigenvalue weighted by Crippen LogP contribution is -2.42. The van der Waals surface area contributed by atoms with Crippen LogP contribution in [0.2, 0.25) is 0 Å². The predicted molar refractivity (Wildman–Crippen MR) is 178 cm³/mol. The standard InChI is InChI=1S/C25H43N5O.C9H11N3/c1-6-21-8-11-24(12-9-21)30(26-3)25(27-20-31)13-10-22-14-18-29(19-15-22)23(7-2)16-17-28(4)5;1-2-4-8-7-11-12-6-3-5-10-9(8)12/h8-9,11-13,20,22-23,26H,6-7,10,14-19H2,1-5H3,(H,27,31);3,5-7H,2,4H2,1H3/b25-13-;. The van der Waals surface area contributed by atoms with Crippen molar-refractivity contribution in [3.63, 3.8) is 0 Å². The fourth-order valence-electron chi connectivity index (χ4n) is 5.75. The number of hydrogen-bond acceptors (Lipinski definition) is 7. The van der Waals surface area contributed by atoms with Crippen molar-refractivity contribution in [3.05, 3.63) is 71.9 Å². The van der Waals surface area contributed by atoms with Crippen molar-refractivity contribution in [1.29, 1.82) is 0 Å². The van der Waals surface area contributed by atoms with Gasteiger partial charge in [-0.2, -0.15) is 5.10 Å². The van der Waals surface area contributed by atoms with E-state index < -0.39 is 0 Å². The van der Waals surface area contributed by atoms with E-state index in [1.807, 2.05) is 35.0 Å². The van der Waals surface area contributed by atoms with E-state index in [1.165, 1.54) is 49.9 Å². The Morgan fingerprint density at radius 1 is 1.14 bits per heavy atom. The van der Waals surface area contributed by atoms with Crippen molar-refractivity contribution in [2.45, 2.75) is 78.2 Å². The fourth-order valence-corrected chi connectivity index (χ4v) is 5.75. The highest BCUT2D eigenvalue weighted by Crippen LogP contribution is 2.25. The molecule has 1 atom stereocenters. The monoisotopic (exact) mass is 590 g/mol. The highest BCUT2D eigenvalue weighted by atomic mass is 16.1. The van der Waals surface area contributed by atoms with E-state index in [0.717, 1.165) is 55.8 Å². The van der Waals surface area contributed by atoms with Crippen LogP contribution < -0.4 is 15.8 Å². The largest absolute Gasteiger partial charge is 0.314 e. The van der Waals surface area contributed by atoms with Crippen LogP contribution in [0.15, 0.2) is 60.8 Å². The highest BCUT2D eigenvalue weighted by molar-refractivity contribution is 5.57. The summed E-state index contributed by atoms with van der Waals surface area (Å²) in [5.41, 5.74) is 7.75. The lowest BCUT2D eigenvalue weighted by atomic mass is 9.91. The number of aromatic nitrogens is 3. The molecule has 0 bridgehead atoms. The number of allylic oxidation sites excluding steroid dienone is 1. The van der Waals surface area contributed by atoms with Gasteiger partial charge in [-0.05, 0) is 114 Å². The molecule has 1 saturated heterocycles. The summed E-state index contributed by atoms with van der Waals surface area (Å²) in [7, 11) is 6.19. The van der Waals surface area contributed by atoms with E-state index in [1.54, 1.807) is 6.20 Å². The number of carbonyl (C=O) groups is 1. The van der Waals surface area contributed by atoms with Crippen LogP contribution in [-0.2, 0) is 17.6 Å². The molecule has 2 N–H and O–H groups in total. The molecule has 1 aromatic carbocycles. The van der Waals surface area contributed by atoms with Gasteiger partial charge in [0, 0.05) is 31.0 Å². The smallest absolute Gasteiger partial charge is 0.212 e. The number of amides is 1. The molecule has 3 aromatic rings. The Kier molecular flexibility index (Phi) is 14.6. The van der Waals surface area contributed by atoms with Crippen LogP contribution in [-0.4, -0.2) is 77.6 Å². The molecule has 9 heteroatoms. The molecule has 3 heterocycles. The number of rotatable bonds is 15. The third-order valence-corrected chi connectivity index (χ3v) is 8.34. The number of hydrazine groups is 1. The first kappa shape index (κ1) is 34.2. The van der Waals surface area contributed by atoms with Crippen molar-refractivity contribution in [1.82, 2.24) is 35.1 Å². The van der Waals surface area contributed by atoms with Crippen LogP contribution in [0.25, 0.3) is 5.65 Å². The number of likely N-dealkylation sites (tertiary alicyclic amines) is 1. The Hall–Kier alpha value is -3.27. The Labute approximate surface area is 259 Å². The van der Waals surface area contributed by atoms with Crippen molar-refractivity contribution in [2.24, 2.45) is 5.92 Å². The summed E-state index contributed by atoms with van der Waals surface area (Å²) in [6.45, 7) is 10.1. The summed E-state index contributed by atoms with van der Waals surface area (Å²) in [6, 6.07) is 11.0. The molecule has 1 aliphatic rings. The molecule has 4 rings (SSSR count). The normalized spacial score (nSPS) is 15.3. The lowest BCUT2D eigenvalue weighted by Gasteiger charge is -2.37. The van der Waals surface area contributed by atoms with E-state index in [0.29, 0.717) is 12.0 Å². The van der Waals surface area contributed by atoms with Gasteiger partial charge in [0.1, 0.15) is 5.82 Å². The first-order valence-electron chi connectivity index (χ1n) is 16.1. The molecule has 0 saturated carbocycles. The van der Waals surface area contributed by atoms with Gasteiger partial charge in [-0.25, -0.2) is 14.9 Å². The van der Waals surface area contributed by atoms with Gasteiger partial charge >= 0.3 is 0 Å². The zero-order valence-electron chi connectivity index (χ0n) is 27.3. The number of aryl methyl sites for hydroxylation is 2. The number of nitrogens with zero attached hydrogens (tertiary/aromatic N) is 6. The zero-order chi connectivity index (χ0) is 31.0. The molecule has 0 aliphatic carbocycles. The Balaban J connectivity index is 0.000000347. The predicted octanol–water partition coefficient (Wildman–Crippen LogP) is 5.29. The average Bonchev–Trinajstić information content (AvgIpc) is 3.44. The van der Waals surface area contributed by atoms with Crippen molar-refractivity contribution in [2.75, 3.05) is 45.8 Å². The maximum atomic E-state index is 11.3. The van der Waals surface area contributed by atoms with Crippen LogP contribution in [0.5, 0.6) is 0 Å². The maximum absolute atomic E-state index is 11.3. The van der Waals surface area contributed by atoms with Gasteiger partial charge in [0.25, 0.3) is 0 Å². The Bertz CT molecular complexity index is 1230. The number of carbonyl (C=O) groups excluding carboxylic acids is 1. The molecule has 1 fully saturated rings. The van der Waals surface area contributed by atoms with Crippen LogP contribution in [0.4, 0.5) is 5.69 Å². The second-order valence-corrected chi connectivity index (χ2v) is 11.6. The van der Waals surface area contributed by atoms with Gasteiger partial charge in [0.05, 0.1) is 11.9 Å². The average molecular weight is 591 g/mol. The van der Waals surface area contributed by atoms with Crippen LogP contribution in [0.3, 0.4) is 0 Å². The molecule has 9 nitrogen and oxygen atoms in total. The van der Waals surface area contributed by atoms with E-state index in [9.17, 15) is 4.79 Å². The van der Waals surface area contributed by atoms with Crippen LogP contribution in [0, 0.1) is 5.92 Å². The summed E-state index contributed by atoms with van der Waals surface area (Å²) in [5, 5.41) is 9.03. The van der Waals surface area contributed by atoms with Crippen LogP contribution >= 0.6 is 0 Å². The van der Waals surface area contributed by atoms with Gasteiger partial charge in [0.2, 0.25) is 6.41 Å². The SMILES string of the molecule is CCCc1cnn2cccnc12.CCc1ccc(N(NC)/C(=C\CC2CCN(C(CC)CCN(C)C)CC2)NC=O)cc1. The van der Waals surface area contributed by atoms with E-state index in [-0.39, 0.29) is 0 Å². The van der Waals surface area contributed by atoms with Crippen LogP contribution in [0.1, 0.15) is 70.4 Å². The quantitative estimate of drug-likeness (QED) is 0.184. The van der Waals surface area contributed by atoms with Crippen molar-refractivity contribution >= 4 is 17.7 Å². The highest BCUT2D eigenvalue weighted by Gasteiger charge is 2.24. The third kappa shape index (κ3) is 10.4. The molecule has 1 unspecified atom stereocenters. The number of nitrogens with one attached hydrogen (secondary N) is 2. The van der Waals surface area contributed by atoms with Gasteiger partial charge in [-0.1, -0.05) is 39.3 Å². The molecule has 0 spiro atoms. The third-order valence-electron chi connectivity index (χ3n) is 8.34. The summed E-state index contributed by atoms with van der Waals surface area (Å²) in [6.07, 6.45) is 17.6. The minimum Gasteiger partial charge on any atom is -0.314 e. The number of piperidine rings is 1. The number of anilines is 1. The molecule has 1 amide bonds. The van der Waals surface area contributed by atoms with Gasteiger partial charge < -0.3 is 15.1 Å². The van der Waals surface area contributed by atoms with Gasteiger partial charge in [0.15, 0.2) is 5.65 Å². The van der Waals surface area contributed by atoms with Crippen molar-refractivity contribution in [3.8, 4) is 0 Å². The molecule has 43 heavy (non-hydrogen) atoms. The summed E-state index contributed by atoms with van der Waals surface area (Å²) in [5.74, 6) is 1.45. The Morgan fingerprint density at radius 3 is 2.49 bits per heavy atom. The molecule has 0 radical (unpaired) electrons. The Morgan fingerprint density at radius 2 is 1.88 bits per heavy atom. The van der Waals surface area contributed by atoms with E-state index >= 15 is 0 Å². The minimum atomic E-state index is 0.659. The molecule has 1 aliphatic heterocycles. The lowest BCUT2D eigenvalue weighted by molar-refractivity contribution is -0.109. The molecule has 236 valence electrons. The molecular formula is C34H54N8O. The van der Waals surface area contributed by atoms with E-state index in [4.69, 9.17) is 0 Å². The first-order valence-corrected chi connectivity index (χ1v) is 16.1. The number of hydrogen-bond donors (Lipinski definition) is 2. The summed E-state index contributed by atoms with van der Waals surface area (Å²) in [4.78, 5) is 20.5. The van der Waals surface area contributed by atoms with Gasteiger partial charge in [-0.3, -0.25) is 9.80 Å². The molecule has 2 aromatic heterocycles. The van der Waals surface area contributed by atoms with Crippen molar-refractivity contribution < 1.29 is 4.79 Å².